The van der Waals surface area contributed by atoms with E-state index in [1.165, 1.54) is 49.8 Å². The lowest BCUT2D eigenvalue weighted by molar-refractivity contribution is 0.0468. The van der Waals surface area contributed by atoms with Gasteiger partial charge in [-0.1, -0.05) is 50.0 Å². The standard InChI is InChI=1S/C22H34N4O.HI/c1-23-22(24-14-17-27-21-8-4-2-3-5-9-21)25-18-19-10-12-20(13-11-19)26-15-6-7-16-26;/h6-7,10-13,21H,2-5,8-9,14-18H2,1H3,(H2,23,24,25);1H. The van der Waals surface area contributed by atoms with Gasteiger partial charge in [0.15, 0.2) is 5.96 Å². The van der Waals surface area contributed by atoms with E-state index >= 15 is 0 Å². The zero-order valence-corrected chi connectivity index (χ0v) is 19.4. The molecule has 1 aliphatic carbocycles. The summed E-state index contributed by atoms with van der Waals surface area (Å²) in [5, 5.41) is 6.73. The fourth-order valence-corrected chi connectivity index (χ4v) is 3.72. The maximum absolute atomic E-state index is 6.03. The third-order valence-electron chi connectivity index (χ3n) is 5.35. The van der Waals surface area contributed by atoms with Crippen molar-refractivity contribution in [2.24, 2.45) is 4.99 Å². The number of benzene rings is 1. The van der Waals surface area contributed by atoms with Gasteiger partial charge in [-0.15, -0.1) is 24.0 Å². The van der Waals surface area contributed by atoms with Gasteiger partial charge in [0.25, 0.3) is 0 Å². The summed E-state index contributed by atoms with van der Waals surface area (Å²) in [7, 11) is 1.81. The van der Waals surface area contributed by atoms with Crippen LogP contribution in [0.5, 0.6) is 0 Å². The van der Waals surface area contributed by atoms with Gasteiger partial charge in [-0.05, 0) is 30.5 Å². The van der Waals surface area contributed by atoms with Crippen LogP contribution in [0.4, 0.5) is 5.69 Å². The van der Waals surface area contributed by atoms with Crippen molar-refractivity contribution >= 4 is 35.6 Å². The molecule has 1 aliphatic heterocycles. The molecule has 0 spiro atoms. The zero-order chi connectivity index (χ0) is 18.7. The lowest BCUT2D eigenvalue weighted by atomic mass is 10.1. The Morgan fingerprint density at radius 2 is 1.71 bits per heavy atom. The molecule has 1 heterocycles. The molecule has 3 rings (SSSR count). The Morgan fingerprint density at radius 1 is 1.04 bits per heavy atom. The molecule has 0 unspecified atom stereocenters. The Hall–Kier alpha value is -1.28. The molecule has 5 nitrogen and oxygen atoms in total. The van der Waals surface area contributed by atoms with Gasteiger partial charge in [-0.25, -0.2) is 0 Å². The SMILES string of the molecule is CN=C(NCCOC1CCCCCC1)NCc1ccc(N2CC=CC2)cc1.I. The molecular formula is C22H35IN4O. The Bertz CT molecular complexity index is 601. The van der Waals surface area contributed by atoms with Crippen LogP contribution >= 0.6 is 24.0 Å². The first-order valence-electron chi connectivity index (χ1n) is 10.4. The van der Waals surface area contributed by atoms with E-state index in [9.17, 15) is 0 Å². The van der Waals surface area contributed by atoms with Gasteiger partial charge in [-0.2, -0.15) is 0 Å². The third-order valence-corrected chi connectivity index (χ3v) is 5.35. The molecule has 1 aromatic rings. The largest absolute Gasteiger partial charge is 0.376 e. The third kappa shape index (κ3) is 7.62. The van der Waals surface area contributed by atoms with Crippen molar-refractivity contribution in [1.82, 2.24) is 10.6 Å². The predicted molar refractivity (Wildman–Crippen MR) is 129 cm³/mol. The van der Waals surface area contributed by atoms with Crippen LogP contribution in [0.25, 0.3) is 0 Å². The quantitative estimate of drug-likeness (QED) is 0.149. The lowest BCUT2D eigenvalue weighted by Crippen LogP contribution is -2.38. The summed E-state index contributed by atoms with van der Waals surface area (Å²) >= 11 is 0. The van der Waals surface area contributed by atoms with E-state index in [2.05, 4.69) is 56.9 Å². The summed E-state index contributed by atoms with van der Waals surface area (Å²) in [5.74, 6) is 0.826. The molecule has 0 atom stereocenters. The zero-order valence-electron chi connectivity index (χ0n) is 17.0. The monoisotopic (exact) mass is 498 g/mol. The van der Waals surface area contributed by atoms with E-state index in [0.29, 0.717) is 6.10 Å². The molecule has 0 aromatic heterocycles. The highest BCUT2D eigenvalue weighted by atomic mass is 127. The van der Waals surface area contributed by atoms with Crippen LogP contribution in [0.15, 0.2) is 41.4 Å². The van der Waals surface area contributed by atoms with Crippen molar-refractivity contribution in [3.05, 3.63) is 42.0 Å². The van der Waals surface area contributed by atoms with Gasteiger partial charge in [0.2, 0.25) is 0 Å². The minimum Gasteiger partial charge on any atom is -0.376 e. The highest BCUT2D eigenvalue weighted by Crippen LogP contribution is 2.19. The second-order valence-electron chi connectivity index (χ2n) is 7.38. The number of nitrogens with zero attached hydrogens (tertiary/aromatic N) is 2. The summed E-state index contributed by atoms with van der Waals surface area (Å²) in [5.41, 5.74) is 2.53. The van der Waals surface area contributed by atoms with E-state index in [0.717, 1.165) is 38.7 Å². The average molecular weight is 498 g/mol. The number of guanidine groups is 1. The molecule has 2 N–H and O–H groups in total. The van der Waals surface area contributed by atoms with E-state index in [-0.39, 0.29) is 24.0 Å². The number of hydrogen-bond donors (Lipinski definition) is 2. The van der Waals surface area contributed by atoms with E-state index < -0.39 is 0 Å². The molecule has 156 valence electrons. The smallest absolute Gasteiger partial charge is 0.191 e. The summed E-state index contributed by atoms with van der Waals surface area (Å²) in [6.07, 6.45) is 12.7. The molecule has 2 aliphatic rings. The van der Waals surface area contributed by atoms with Gasteiger partial charge in [0.1, 0.15) is 0 Å². The molecule has 0 radical (unpaired) electrons. The van der Waals surface area contributed by atoms with Gasteiger partial charge in [0.05, 0.1) is 12.7 Å². The van der Waals surface area contributed by atoms with Crippen LogP contribution in [0.1, 0.15) is 44.1 Å². The van der Waals surface area contributed by atoms with Crippen molar-refractivity contribution in [3.8, 4) is 0 Å². The fourth-order valence-electron chi connectivity index (χ4n) is 3.72. The van der Waals surface area contributed by atoms with Crippen LogP contribution in [-0.2, 0) is 11.3 Å². The van der Waals surface area contributed by atoms with Crippen LogP contribution in [0.3, 0.4) is 0 Å². The number of nitrogens with one attached hydrogen (secondary N) is 2. The normalized spacial score (nSPS) is 17.9. The van der Waals surface area contributed by atoms with Crippen molar-refractivity contribution < 1.29 is 4.74 Å². The lowest BCUT2D eigenvalue weighted by Gasteiger charge is -2.18. The summed E-state index contributed by atoms with van der Waals surface area (Å²) in [6, 6.07) is 8.76. The Morgan fingerprint density at radius 3 is 2.36 bits per heavy atom. The van der Waals surface area contributed by atoms with Gasteiger partial charge >= 0.3 is 0 Å². The molecule has 0 amide bonds. The van der Waals surface area contributed by atoms with Crippen molar-refractivity contribution in [2.45, 2.75) is 51.2 Å². The number of aliphatic imine (C=N–C) groups is 1. The van der Waals surface area contributed by atoms with Crippen molar-refractivity contribution in [3.63, 3.8) is 0 Å². The first-order chi connectivity index (χ1) is 13.3. The molecule has 1 fully saturated rings. The van der Waals surface area contributed by atoms with Gasteiger partial charge in [0, 0.05) is 38.9 Å². The second kappa shape index (κ2) is 13.0. The minimum atomic E-state index is 0. The number of rotatable bonds is 7. The summed E-state index contributed by atoms with van der Waals surface area (Å²) in [4.78, 5) is 6.66. The first-order valence-corrected chi connectivity index (χ1v) is 10.4. The molecular weight excluding hydrogens is 463 g/mol. The first kappa shape index (κ1) is 23.0. The molecule has 6 heteroatoms. The molecule has 28 heavy (non-hydrogen) atoms. The van der Waals surface area contributed by atoms with Crippen LogP contribution in [-0.4, -0.2) is 45.4 Å². The Balaban J connectivity index is 0.00000280. The van der Waals surface area contributed by atoms with E-state index in [1.54, 1.807) is 0 Å². The average Bonchev–Trinajstić information content (AvgIpc) is 3.12. The van der Waals surface area contributed by atoms with Gasteiger partial charge in [-0.3, -0.25) is 4.99 Å². The van der Waals surface area contributed by atoms with E-state index in [1.807, 2.05) is 7.05 Å². The number of halogens is 1. The van der Waals surface area contributed by atoms with Crippen molar-refractivity contribution in [1.29, 1.82) is 0 Å². The summed E-state index contributed by atoms with van der Waals surface area (Å²) < 4.78 is 6.03. The topological polar surface area (TPSA) is 48.9 Å². The number of ether oxygens (including phenoxy) is 1. The highest BCUT2D eigenvalue weighted by Gasteiger charge is 2.12. The van der Waals surface area contributed by atoms with Crippen LogP contribution < -0.4 is 15.5 Å². The van der Waals surface area contributed by atoms with E-state index in [4.69, 9.17) is 4.74 Å². The fraction of sp³-hybridized carbons (Fsp3) is 0.591. The highest BCUT2D eigenvalue weighted by molar-refractivity contribution is 14.0. The maximum Gasteiger partial charge on any atom is 0.191 e. The van der Waals surface area contributed by atoms with Crippen LogP contribution in [0.2, 0.25) is 0 Å². The minimum absolute atomic E-state index is 0. The molecule has 0 saturated heterocycles. The molecule has 1 aromatic carbocycles. The number of hydrogen-bond acceptors (Lipinski definition) is 3. The van der Waals surface area contributed by atoms with Crippen LogP contribution in [0, 0.1) is 0 Å². The van der Waals surface area contributed by atoms with Crippen molar-refractivity contribution in [2.75, 3.05) is 38.2 Å². The van der Waals surface area contributed by atoms with Gasteiger partial charge < -0.3 is 20.3 Å². The molecule has 1 saturated carbocycles. The maximum atomic E-state index is 6.03. The Labute approximate surface area is 187 Å². The Kier molecular flexibility index (Phi) is 10.7. The molecule has 0 bridgehead atoms. The number of anilines is 1. The summed E-state index contributed by atoms with van der Waals surface area (Å²) in [6.45, 7) is 4.32. The predicted octanol–water partition coefficient (Wildman–Crippen LogP) is 4.09. The second-order valence-corrected chi connectivity index (χ2v) is 7.38.